The maximum atomic E-state index is 11.1. The van der Waals surface area contributed by atoms with Gasteiger partial charge >= 0.3 is 0 Å². The molecule has 0 radical (unpaired) electrons. The Kier molecular flexibility index (Phi) is 4.20. The van der Waals surface area contributed by atoms with Gasteiger partial charge in [-0.05, 0) is 19.9 Å². The second kappa shape index (κ2) is 5.21. The lowest BCUT2D eigenvalue weighted by Crippen LogP contribution is -2.34. The molecule has 0 saturated carbocycles. The first-order valence-electron chi connectivity index (χ1n) is 4.83. The van der Waals surface area contributed by atoms with Gasteiger partial charge in [-0.15, -0.1) is 0 Å². The quantitative estimate of drug-likeness (QED) is 0.769. The summed E-state index contributed by atoms with van der Waals surface area (Å²) < 4.78 is 11.1. The fraction of sp³-hybridized carbons (Fsp3) is 0.600. The maximum absolute atomic E-state index is 11.1. The average molecular weight is 227 g/mol. The van der Waals surface area contributed by atoms with Crippen molar-refractivity contribution in [1.29, 1.82) is 0 Å². The molecule has 15 heavy (non-hydrogen) atoms. The average Bonchev–Trinajstić information content (AvgIpc) is 2.15. The fourth-order valence-electron chi connectivity index (χ4n) is 1.25. The minimum Gasteiger partial charge on any atom is -0.340 e. The zero-order valence-corrected chi connectivity index (χ0v) is 10.4. The summed E-state index contributed by atoms with van der Waals surface area (Å²) in [6, 6.07) is 2.04. The van der Waals surface area contributed by atoms with Crippen molar-refractivity contribution in [3.63, 3.8) is 0 Å². The number of rotatable bonds is 4. The van der Waals surface area contributed by atoms with Crippen molar-refractivity contribution in [3.05, 3.63) is 18.0 Å². The highest BCUT2D eigenvalue weighted by molar-refractivity contribution is 7.84. The van der Waals surface area contributed by atoms with Crippen LogP contribution >= 0.6 is 0 Å². The molecule has 2 atom stereocenters. The molecule has 1 heterocycles. The van der Waals surface area contributed by atoms with E-state index >= 15 is 0 Å². The van der Waals surface area contributed by atoms with Crippen molar-refractivity contribution in [3.8, 4) is 0 Å². The summed E-state index contributed by atoms with van der Waals surface area (Å²) in [6.45, 7) is 3.95. The molecular formula is C10H17N3OS. The normalized spacial score (nSPS) is 14.7. The monoisotopic (exact) mass is 227 g/mol. The largest absolute Gasteiger partial charge is 0.340 e. The molecule has 4 nitrogen and oxygen atoms in total. The smallest absolute Gasteiger partial charge is 0.225 e. The predicted molar refractivity (Wildman–Crippen MR) is 63.6 cm³/mol. The van der Waals surface area contributed by atoms with E-state index in [-0.39, 0.29) is 6.04 Å². The number of anilines is 1. The van der Waals surface area contributed by atoms with Crippen LogP contribution in [0.15, 0.2) is 12.3 Å². The number of hydrogen-bond donors (Lipinski definition) is 0. The molecule has 84 valence electrons. The number of hydrogen-bond acceptors (Lipinski definition) is 4. The molecule has 1 aromatic heterocycles. The van der Waals surface area contributed by atoms with E-state index in [1.165, 1.54) is 0 Å². The lowest BCUT2D eigenvalue weighted by atomic mass is 10.3. The van der Waals surface area contributed by atoms with Gasteiger partial charge in [-0.1, -0.05) is 0 Å². The minimum absolute atomic E-state index is 0.178. The third-order valence-electron chi connectivity index (χ3n) is 2.23. The van der Waals surface area contributed by atoms with Crippen LogP contribution in [-0.4, -0.2) is 39.3 Å². The van der Waals surface area contributed by atoms with E-state index in [9.17, 15) is 4.21 Å². The first kappa shape index (κ1) is 12.1. The molecule has 0 aliphatic rings. The standard InChI is InChI=1S/C10H17N3OS/c1-8-5-6-11-10(12-8)13(3)9(2)7-15(4)14/h5-6,9H,7H2,1-4H3. The van der Waals surface area contributed by atoms with E-state index in [1.54, 1.807) is 12.5 Å². The van der Waals surface area contributed by atoms with Gasteiger partial charge in [-0.3, -0.25) is 4.21 Å². The molecule has 0 spiro atoms. The fourth-order valence-corrected chi connectivity index (χ4v) is 2.16. The Labute approximate surface area is 93.2 Å². The second-order valence-corrected chi connectivity index (χ2v) is 5.18. The topological polar surface area (TPSA) is 46.1 Å². The molecule has 0 aliphatic heterocycles. The number of aromatic nitrogens is 2. The Balaban J connectivity index is 2.75. The number of aryl methyl sites for hydroxylation is 1. The highest BCUT2D eigenvalue weighted by Crippen LogP contribution is 2.09. The van der Waals surface area contributed by atoms with Gasteiger partial charge in [-0.2, -0.15) is 0 Å². The van der Waals surface area contributed by atoms with E-state index in [2.05, 4.69) is 9.97 Å². The van der Waals surface area contributed by atoms with Crippen LogP contribution in [-0.2, 0) is 10.8 Å². The van der Waals surface area contributed by atoms with Crippen LogP contribution in [0, 0.1) is 6.92 Å². The molecule has 0 fully saturated rings. The zero-order valence-electron chi connectivity index (χ0n) is 9.60. The van der Waals surface area contributed by atoms with Crippen molar-refractivity contribution in [1.82, 2.24) is 9.97 Å². The van der Waals surface area contributed by atoms with Gasteiger partial charge in [0.15, 0.2) is 0 Å². The van der Waals surface area contributed by atoms with E-state index < -0.39 is 10.8 Å². The van der Waals surface area contributed by atoms with Crippen LogP contribution in [0.5, 0.6) is 0 Å². The Morgan fingerprint density at radius 1 is 1.60 bits per heavy atom. The summed E-state index contributed by atoms with van der Waals surface area (Å²) in [4.78, 5) is 10.5. The van der Waals surface area contributed by atoms with Crippen LogP contribution in [0.25, 0.3) is 0 Å². The summed E-state index contributed by atoms with van der Waals surface area (Å²) in [5.74, 6) is 1.32. The van der Waals surface area contributed by atoms with Crippen molar-refractivity contribution in [2.75, 3.05) is 24.0 Å². The Bertz CT molecular complexity index is 356. The van der Waals surface area contributed by atoms with Gasteiger partial charge in [0.1, 0.15) is 0 Å². The molecule has 0 N–H and O–H groups in total. The third-order valence-corrected chi connectivity index (χ3v) is 3.19. The highest BCUT2D eigenvalue weighted by Gasteiger charge is 2.13. The van der Waals surface area contributed by atoms with Crippen molar-refractivity contribution >= 4 is 16.7 Å². The molecule has 1 rings (SSSR count). The SMILES string of the molecule is Cc1ccnc(N(C)C(C)CS(C)=O)n1. The van der Waals surface area contributed by atoms with Gasteiger partial charge in [0.25, 0.3) is 0 Å². The van der Waals surface area contributed by atoms with E-state index in [1.807, 2.05) is 31.9 Å². The van der Waals surface area contributed by atoms with Gasteiger partial charge in [-0.25, -0.2) is 9.97 Å². The molecular weight excluding hydrogens is 210 g/mol. The first-order valence-corrected chi connectivity index (χ1v) is 6.56. The summed E-state index contributed by atoms with van der Waals surface area (Å²) in [5.41, 5.74) is 0.941. The van der Waals surface area contributed by atoms with Crippen LogP contribution in [0.2, 0.25) is 0 Å². The summed E-state index contributed by atoms with van der Waals surface area (Å²) in [7, 11) is 1.13. The maximum Gasteiger partial charge on any atom is 0.225 e. The summed E-state index contributed by atoms with van der Waals surface area (Å²) in [6.07, 6.45) is 3.45. The molecule has 0 saturated heterocycles. The van der Waals surface area contributed by atoms with Gasteiger partial charge in [0.05, 0.1) is 0 Å². The van der Waals surface area contributed by atoms with Crippen molar-refractivity contribution in [2.45, 2.75) is 19.9 Å². The molecule has 0 amide bonds. The third kappa shape index (κ3) is 3.58. The summed E-state index contributed by atoms with van der Waals surface area (Å²) in [5, 5.41) is 0. The van der Waals surface area contributed by atoms with Crippen LogP contribution in [0.4, 0.5) is 5.95 Å². The Morgan fingerprint density at radius 3 is 2.80 bits per heavy atom. The molecule has 0 bridgehead atoms. The lowest BCUT2D eigenvalue weighted by molar-refractivity contribution is 0.671. The van der Waals surface area contributed by atoms with Crippen LogP contribution in [0.1, 0.15) is 12.6 Å². The van der Waals surface area contributed by atoms with E-state index in [0.717, 1.165) is 5.69 Å². The van der Waals surface area contributed by atoms with Crippen molar-refractivity contribution in [2.24, 2.45) is 0 Å². The second-order valence-electron chi connectivity index (χ2n) is 3.70. The predicted octanol–water partition coefficient (Wildman–Crippen LogP) is 0.988. The van der Waals surface area contributed by atoms with Gasteiger partial charge < -0.3 is 4.90 Å². The van der Waals surface area contributed by atoms with Crippen LogP contribution < -0.4 is 4.90 Å². The van der Waals surface area contributed by atoms with E-state index in [4.69, 9.17) is 0 Å². The number of nitrogens with zero attached hydrogens (tertiary/aromatic N) is 3. The minimum atomic E-state index is -0.793. The molecule has 0 aromatic carbocycles. The summed E-state index contributed by atoms with van der Waals surface area (Å²) >= 11 is 0. The lowest BCUT2D eigenvalue weighted by Gasteiger charge is -2.24. The van der Waals surface area contributed by atoms with E-state index in [0.29, 0.717) is 11.7 Å². The Morgan fingerprint density at radius 2 is 2.27 bits per heavy atom. The Hall–Kier alpha value is -0.970. The first-order chi connectivity index (χ1) is 7.00. The van der Waals surface area contributed by atoms with Crippen molar-refractivity contribution < 1.29 is 4.21 Å². The molecule has 1 aromatic rings. The highest BCUT2D eigenvalue weighted by atomic mass is 32.2. The van der Waals surface area contributed by atoms with Gasteiger partial charge in [0, 0.05) is 47.8 Å². The molecule has 0 aliphatic carbocycles. The van der Waals surface area contributed by atoms with Crippen LogP contribution in [0.3, 0.4) is 0 Å². The zero-order chi connectivity index (χ0) is 11.4. The van der Waals surface area contributed by atoms with Gasteiger partial charge in [0.2, 0.25) is 5.95 Å². The molecule has 5 heteroatoms. The molecule has 2 unspecified atom stereocenters.